The molecule has 2 amide bonds. The smallest absolute Gasteiger partial charge is 0.248 e. The lowest BCUT2D eigenvalue weighted by molar-refractivity contribution is -0.143. The summed E-state index contributed by atoms with van der Waals surface area (Å²) in [7, 11) is 1.50. The van der Waals surface area contributed by atoms with Crippen molar-refractivity contribution in [2.75, 3.05) is 30.8 Å². The summed E-state index contributed by atoms with van der Waals surface area (Å²) in [5.41, 5.74) is 8.06. The number of amides is 2. The molecule has 0 radical (unpaired) electrons. The molecule has 3 rings (SSSR count). The van der Waals surface area contributed by atoms with Crippen molar-refractivity contribution in [3.8, 4) is 11.1 Å². The first kappa shape index (κ1) is 13.2. The maximum absolute atomic E-state index is 11.7. The maximum atomic E-state index is 11.7. The molecule has 1 aliphatic heterocycles. The van der Waals surface area contributed by atoms with Crippen LogP contribution >= 0.6 is 0 Å². The molecule has 1 fully saturated rings. The first-order valence-electron chi connectivity index (χ1n) is 6.41. The lowest BCUT2D eigenvalue weighted by Gasteiger charge is -2.32. The van der Waals surface area contributed by atoms with E-state index in [4.69, 9.17) is 10.3 Å². The summed E-state index contributed by atoms with van der Waals surface area (Å²) in [6, 6.07) is 7.39. The number of carbonyl (C=O) groups is 2. The zero-order valence-corrected chi connectivity index (χ0v) is 11.4. The number of hydrogen-bond donors (Lipinski definition) is 1. The average molecular weight is 286 g/mol. The molecule has 1 aromatic heterocycles. The predicted octanol–water partition coefficient (Wildman–Crippen LogP) is 0.729. The van der Waals surface area contributed by atoms with Gasteiger partial charge in [0.2, 0.25) is 17.7 Å². The fourth-order valence-electron chi connectivity index (χ4n) is 2.23. The molecule has 0 atom stereocenters. The van der Waals surface area contributed by atoms with Crippen LogP contribution < -0.4 is 10.6 Å². The first-order valence-corrected chi connectivity index (χ1v) is 6.41. The average Bonchev–Trinajstić information content (AvgIpc) is 2.90. The Labute approximate surface area is 120 Å². The summed E-state index contributed by atoms with van der Waals surface area (Å²) in [4.78, 5) is 26.3. The summed E-state index contributed by atoms with van der Waals surface area (Å²) < 4.78 is 4.83. The van der Waals surface area contributed by atoms with E-state index in [0.29, 0.717) is 5.56 Å². The van der Waals surface area contributed by atoms with Gasteiger partial charge in [-0.3, -0.25) is 14.5 Å². The Morgan fingerprint density at radius 2 is 1.76 bits per heavy atom. The molecule has 1 saturated heterocycles. The van der Waals surface area contributed by atoms with Crippen molar-refractivity contribution in [2.45, 2.75) is 0 Å². The molecule has 2 N–H and O–H groups in total. The van der Waals surface area contributed by atoms with Gasteiger partial charge in [0.15, 0.2) is 0 Å². The number of piperazine rings is 1. The number of nitrogens with zero attached hydrogens (tertiary/aromatic N) is 3. The van der Waals surface area contributed by atoms with Crippen LogP contribution in [0.4, 0.5) is 11.6 Å². The zero-order valence-electron chi connectivity index (χ0n) is 11.4. The van der Waals surface area contributed by atoms with E-state index >= 15 is 0 Å². The molecule has 2 aromatic rings. The van der Waals surface area contributed by atoms with Gasteiger partial charge in [-0.1, -0.05) is 17.3 Å². The third-order valence-electron chi connectivity index (χ3n) is 3.54. The van der Waals surface area contributed by atoms with Crippen molar-refractivity contribution in [2.24, 2.45) is 0 Å². The van der Waals surface area contributed by atoms with E-state index in [9.17, 15) is 9.59 Å². The molecule has 1 aromatic carbocycles. The van der Waals surface area contributed by atoms with Crippen molar-refractivity contribution in [1.29, 1.82) is 0 Å². The van der Waals surface area contributed by atoms with E-state index in [1.165, 1.54) is 7.05 Å². The number of rotatable bonds is 2. The number of hydrogen-bond acceptors (Lipinski definition) is 6. The maximum Gasteiger partial charge on any atom is 0.248 e. The van der Waals surface area contributed by atoms with Gasteiger partial charge < -0.3 is 15.2 Å². The van der Waals surface area contributed by atoms with Crippen molar-refractivity contribution in [3.05, 3.63) is 30.5 Å². The SMILES string of the molecule is CN1C(=O)CN(c2ccc(-c3cnoc3N)cc2)CC1=O. The van der Waals surface area contributed by atoms with Gasteiger partial charge in [0.1, 0.15) is 0 Å². The Balaban J connectivity index is 1.83. The van der Waals surface area contributed by atoms with Crippen LogP contribution in [-0.2, 0) is 9.59 Å². The number of anilines is 2. The predicted molar refractivity (Wildman–Crippen MR) is 76.3 cm³/mol. The number of imide groups is 1. The number of nitrogen functional groups attached to an aromatic ring is 1. The van der Waals surface area contributed by atoms with Gasteiger partial charge in [-0.25, -0.2) is 0 Å². The van der Waals surface area contributed by atoms with Gasteiger partial charge in [0.05, 0.1) is 24.8 Å². The van der Waals surface area contributed by atoms with Crippen LogP contribution in [0.1, 0.15) is 0 Å². The molecule has 0 unspecified atom stereocenters. The van der Waals surface area contributed by atoms with Gasteiger partial charge in [-0.05, 0) is 17.7 Å². The lowest BCUT2D eigenvalue weighted by Crippen LogP contribution is -2.52. The summed E-state index contributed by atoms with van der Waals surface area (Å²) in [5, 5.41) is 3.63. The van der Waals surface area contributed by atoms with Gasteiger partial charge in [-0.15, -0.1) is 0 Å². The third kappa shape index (κ3) is 2.33. The van der Waals surface area contributed by atoms with Gasteiger partial charge >= 0.3 is 0 Å². The van der Waals surface area contributed by atoms with Crippen molar-refractivity contribution in [3.63, 3.8) is 0 Å². The van der Waals surface area contributed by atoms with Crippen LogP contribution in [0.15, 0.2) is 35.0 Å². The van der Waals surface area contributed by atoms with E-state index in [2.05, 4.69) is 5.16 Å². The summed E-state index contributed by atoms with van der Waals surface area (Å²) in [6.07, 6.45) is 1.55. The highest BCUT2D eigenvalue weighted by atomic mass is 16.5. The second kappa shape index (κ2) is 4.93. The lowest BCUT2D eigenvalue weighted by atomic mass is 10.1. The molecule has 0 spiro atoms. The van der Waals surface area contributed by atoms with E-state index in [1.807, 2.05) is 24.3 Å². The molecule has 0 saturated carbocycles. The Kier molecular flexibility index (Phi) is 3.09. The third-order valence-corrected chi connectivity index (χ3v) is 3.54. The van der Waals surface area contributed by atoms with Crippen LogP contribution in [0.25, 0.3) is 11.1 Å². The highest BCUT2D eigenvalue weighted by Gasteiger charge is 2.28. The fraction of sp³-hybridized carbons (Fsp3) is 0.214. The largest absolute Gasteiger partial charge is 0.367 e. The van der Waals surface area contributed by atoms with Gasteiger partial charge in [0, 0.05) is 12.7 Å². The van der Waals surface area contributed by atoms with E-state index in [0.717, 1.165) is 16.2 Å². The van der Waals surface area contributed by atoms with Crippen molar-refractivity contribution in [1.82, 2.24) is 10.1 Å². The summed E-state index contributed by atoms with van der Waals surface area (Å²) in [6.45, 7) is 0.383. The van der Waals surface area contributed by atoms with Gasteiger partial charge in [-0.2, -0.15) is 0 Å². The van der Waals surface area contributed by atoms with Crippen LogP contribution in [0.3, 0.4) is 0 Å². The molecule has 7 nitrogen and oxygen atoms in total. The molecule has 2 heterocycles. The van der Waals surface area contributed by atoms with Crippen LogP contribution in [-0.4, -0.2) is 42.0 Å². The Morgan fingerprint density at radius 3 is 2.29 bits per heavy atom. The molecule has 1 aliphatic rings. The quantitative estimate of drug-likeness (QED) is 0.818. The minimum atomic E-state index is -0.210. The molecular weight excluding hydrogens is 272 g/mol. The number of likely N-dealkylation sites (N-methyl/N-ethyl adjacent to an activating group) is 1. The number of benzene rings is 1. The summed E-state index contributed by atoms with van der Waals surface area (Å²) in [5.74, 6) is -0.162. The Hall–Kier alpha value is -2.83. The van der Waals surface area contributed by atoms with E-state index in [1.54, 1.807) is 11.1 Å². The summed E-state index contributed by atoms with van der Waals surface area (Å²) >= 11 is 0. The zero-order chi connectivity index (χ0) is 15.0. The van der Waals surface area contributed by atoms with Crippen molar-refractivity contribution >= 4 is 23.4 Å². The second-order valence-corrected chi connectivity index (χ2v) is 4.85. The molecule has 0 bridgehead atoms. The second-order valence-electron chi connectivity index (χ2n) is 4.85. The van der Waals surface area contributed by atoms with E-state index < -0.39 is 0 Å². The highest BCUT2D eigenvalue weighted by Crippen LogP contribution is 2.27. The number of aromatic nitrogens is 1. The van der Waals surface area contributed by atoms with Crippen LogP contribution in [0, 0.1) is 0 Å². The molecule has 7 heteroatoms. The minimum Gasteiger partial charge on any atom is -0.367 e. The molecule has 21 heavy (non-hydrogen) atoms. The molecular formula is C14H14N4O3. The topological polar surface area (TPSA) is 92.7 Å². The molecule has 108 valence electrons. The number of nitrogens with two attached hydrogens (primary N) is 1. The standard InChI is InChI=1S/C14H14N4O3/c1-17-12(19)7-18(8-13(17)20)10-4-2-9(3-5-10)11-6-16-21-14(11)15/h2-6H,7-8,15H2,1H3. The highest BCUT2D eigenvalue weighted by molar-refractivity contribution is 6.02. The fourth-order valence-corrected chi connectivity index (χ4v) is 2.23. The normalized spacial score (nSPS) is 15.7. The van der Waals surface area contributed by atoms with Crippen LogP contribution in [0.2, 0.25) is 0 Å². The molecule has 0 aliphatic carbocycles. The van der Waals surface area contributed by atoms with E-state index in [-0.39, 0.29) is 30.8 Å². The first-order chi connectivity index (χ1) is 10.1. The van der Waals surface area contributed by atoms with Crippen molar-refractivity contribution < 1.29 is 14.1 Å². The monoisotopic (exact) mass is 286 g/mol. The Bertz CT molecular complexity index is 674. The number of carbonyl (C=O) groups excluding carboxylic acids is 2. The van der Waals surface area contributed by atoms with Crippen LogP contribution in [0.5, 0.6) is 0 Å². The van der Waals surface area contributed by atoms with Gasteiger partial charge in [0.25, 0.3) is 0 Å². The minimum absolute atomic E-state index is 0.191. The Morgan fingerprint density at radius 1 is 1.14 bits per heavy atom.